The first-order valence-corrected chi connectivity index (χ1v) is 10.7. The molecule has 1 atom stereocenters. The fourth-order valence-electron chi connectivity index (χ4n) is 3.33. The van der Waals surface area contributed by atoms with Gasteiger partial charge in [-0.15, -0.1) is 10.2 Å². The van der Waals surface area contributed by atoms with Gasteiger partial charge >= 0.3 is 0 Å². The molecule has 1 aromatic heterocycles. The van der Waals surface area contributed by atoms with Crippen LogP contribution in [-0.4, -0.2) is 46.3 Å². The number of aryl methyl sites for hydroxylation is 1. The van der Waals surface area contributed by atoms with Gasteiger partial charge in [0.2, 0.25) is 5.95 Å². The Bertz CT molecular complexity index is 1040. The van der Waals surface area contributed by atoms with Gasteiger partial charge in [0.05, 0.1) is 25.0 Å². The van der Waals surface area contributed by atoms with E-state index in [1.807, 2.05) is 41.8 Å². The Labute approximate surface area is 179 Å². The lowest BCUT2D eigenvalue weighted by Crippen LogP contribution is -2.37. The zero-order valence-electron chi connectivity index (χ0n) is 16.7. The van der Waals surface area contributed by atoms with Crippen LogP contribution in [-0.2, 0) is 11.2 Å². The maximum atomic E-state index is 14.0. The van der Waals surface area contributed by atoms with Gasteiger partial charge in [0.25, 0.3) is 0 Å². The van der Waals surface area contributed by atoms with Gasteiger partial charge in [-0.3, -0.25) is 4.57 Å². The summed E-state index contributed by atoms with van der Waals surface area (Å²) in [6.07, 6.45) is 0.588. The third-order valence-corrected chi connectivity index (χ3v) is 5.94. The van der Waals surface area contributed by atoms with E-state index in [9.17, 15) is 9.65 Å². The summed E-state index contributed by atoms with van der Waals surface area (Å²) in [6.45, 7) is 4.61. The lowest BCUT2D eigenvalue weighted by Gasteiger charge is -2.28. The Hall–Kier alpha value is -2.89. The summed E-state index contributed by atoms with van der Waals surface area (Å²) in [5, 5.41) is 18.7. The smallest absolute Gasteiger partial charge is 0.232 e. The normalized spacial score (nSPS) is 15.0. The standard InChI is InChI=1S/C22H22FN5OS/c1-16-5-7-17(8-6-16)13-20(15-24)30-22-26-25-21(27-9-11-29-12-10-27)28(22)19-4-2-3-18(23)14-19/h2-8,14,20H,9-13H2,1H3. The van der Waals surface area contributed by atoms with Gasteiger partial charge in [0, 0.05) is 13.1 Å². The van der Waals surface area contributed by atoms with Crippen molar-refractivity contribution < 1.29 is 9.13 Å². The fraction of sp³-hybridized carbons (Fsp3) is 0.318. The van der Waals surface area contributed by atoms with E-state index in [1.165, 1.54) is 29.5 Å². The van der Waals surface area contributed by atoms with Crippen LogP contribution in [0.1, 0.15) is 11.1 Å². The maximum Gasteiger partial charge on any atom is 0.232 e. The minimum Gasteiger partial charge on any atom is -0.378 e. The van der Waals surface area contributed by atoms with E-state index in [4.69, 9.17) is 4.74 Å². The molecule has 0 spiro atoms. The van der Waals surface area contributed by atoms with E-state index in [-0.39, 0.29) is 11.1 Å². The van der Waals surface area contributed by atoms with Gasteiger partial charge < -0.3 is 9.64 Å². The van der Waals surface area contributed by atoms with Crippen LogP contribution in [0.5, 0.6) is 0 Å². The zero-order valence-corrected chi connectivity index (χ0v) is 17.5. The lowest BCUT2D eigenvalue weighted by molar-refractivity contribution is 0.122. The van der Waals surface area contributed by atoms with Crippen molar-refractivity contribution >= 4 is 17.7 Å². The van der Waals surface area contributed by atoms with Crippen LogP contribution >= 0.6 is 11.8 Å². The molecule has 154 valence electrons. The molecule has 1 aliphatic rings. The summed E-state index contributed by atoms with van der Waals surface area (Å²) in [7, 11) is 0. The number of aromatic nitrogens is 3. The molecule has 0 radical (unpaired) electrons. The van der Waals surface area contributed by atoms with Crippen molar-refractivity contribution in [2.75, 3.05) is 31.2 Å². The predicted octanol–water partition coefficient (Wildman–Crippen LogP) is 3.78. The average Bonchev–Trinajstić information content (AvgIpc) is 3.19. The maximum absolute atomic E-state index is 14.0. The molecule has 1 unspecified atom stereocenters. The molecule has 1 saturated heterocycles. The monoisotopic (exact) mass is 423 g/mol. The molecular formula is C22H22FN5OS. The summed E-state index contributed by atoms with van der Waals surface area (Å²) < 4.78 is 21.2. The van der Waals surface area contributed by atoms with E-state index in [2.05, 4.69) is 21.2 Å². The first-order chi connectivity index (χ1) is 14.6. The van der Waals surface area contributed by atoms with Crippen molar-refractivity contribution in [2.24, 2.45) is 0 Å². The molecule has 30 heavy (non-hydrogen) atoms. The lowest BCUT2D eigenvalue weighted by atomic mass is 10.1. The van der Waals surface area contributed by atoms with Gasteiger partial charge in [-0.1, -0.05) is 47.7 Å². The third kappa shape index (κ3) is 4.64. The first-order valence-electron chi connectivity index (χ1n) is 9.80. The molecule has 2 aromatic carbocycles. The van der Waals surface area contributed by atoms with Crippen LogP contribution < -0.4 is 4.90 Å². The van der Waals surface area contributed by atoms with Crippen LogP contribution in [0.4, 0.5) is 10.3 Å². The summed E-state index contributed by atoms with van der Waals surface area (Å²) in [4.78, 5) is 2.08. The molecule has 3 aromatic rings. The molecule has 0 aliphatic carbocycles. The largest absolute Gasteiger partial charge is 0.378 e. The number of rotatable bonds is 6. The van der Waals surface area contributed by atoms with Gasteiger partial charge in [-0.05, 0) is 37.1 Å². The van der Waals surface area contributed by atoms with Crippen LogP contribution in [0.15, 0.2) is 53.7 Å². The van der Waals surface area contributed by atoms with Crippen molar-refractivity contribution in [3.05, 3.63) is 65.5 Å². The summed E-state index contributed by atoms with van der Waals surface area (Å²) in [5.41, 5.74) is 2.90. The quantitative estimate of drug-likeness (QED) is 0.562. The second kappa shape index (κ2) is 9.28. The second-order valence-corrected chi connectivity index (χ2v) is 8.29. The summed E-state index contributed by atoms with van der Waals surface area (Å²) in [6, 6.07) is 16.9. The van der Waals surface area contributed by atoms with Crippen molar-refractivity contribution in [1.29, 1.82) is 5.26 Å². The van der Waals surface area contributed by atoms with E-state index in [0.29, 0.717) is 49.5 Å². The Morgan fingerprint density at radius 1 is 1.17 bits per heavy atom. The highest BCUT2D eigenvalue weighted by molar-refractivity contribution is 8.00. The molecule has 1 fully saturated rings. The number of halogens is 1. The topological polar surface area (TPSA) is 67.0 Å². The highest BCUT2D eigenvalue weighted by atomic mass is 32.2. The number of benzene rings is 2. The van der Waals surface area contributed by atoms with Gasteiger partial charge in [0.15, 0.2) is 5.16 Å². The van der Waals surface area contributed by atoms with Gasteiger partial charge in [-0.25, -0.2) is 4.39 Å². The van der Waals surface area contributed by atoms with E-state index >= 15 is 0 Å². The van der Waals surface area contributed by atoms with Crippen molar-refractivity contribution in [3.8, 4) is 11.8 Å². The minimum absolute atomic E-state index is 0.332. The highest BCUT2D eigenvalue weighted by Crippen LogP contribution is 2.31. The molecule has 2 heterocycles. The van der Waals surface area contributed by atoms with E-state index in [0.717, 1.165) is 5.56 Å². The molecule has 8 heteroatoms. The van der Waals surface area contributed by atoms with Gasteiger partial charge in [0.1, 0.15) is 11.1 Å². The van der Waals surface area contributed by atoms with Gasteiger partial charge in [-0.2, -0.15) is 5.26 Å². The number of nitrogens with zero attached hydrogens (tertiary/aromatic N) is 5. The first kappa shape index (κ1) is 20.4. The Morgan fingerprint density at radius 2 is 1.93 bits per heavy atom. The molecule has 1 aliphatic heterocycles. The Balaban J connectivity index is 1.65. The number of thioether (sulfide) groups is 1. The Morgan fingerprint density at radius 3 is 2.63 bits per heavy atom. The highest BCUT2D eigenvalue weighted by Gasteiger charge is 2.24. The third-order valence-electron chi connectivity index (χ3n) is 4.91. The fourth-order valence-corrected chi connectivity index (χ4v) is 4.29. The van der Waals surface area contributed by atoms with Crippen LogP contribution in [0.25, 0.3) is 5.69 Å². The van der Waals surface area contributed by atoms with E-state index in [1.54, 1.807) is 6.07 Å². The van der Waals surface area contributed by atoms with Crippen molar-refractivity contribution in [2.45, 2.75) is 23.8 Å². The number of hydrogen-bond donors (Lipinski definition) is 0. The number of morpholine rings is 1. The van der Waals surface area contributed by atoms with Crippen LogP contribution in [0.2, 0.25) is 0 Å². The Kier molecular flexibility index (Phi) is 6.31. The molecule has 0 amide bonds. The SMILES string of the molecule is Cc1ccc(CC(C#N)Sc2nnc(N3CCOCC3)n2-c2cccc(F)c2)cc1. The van der Waals surface area contributed by atoms with Crippen LogP contribution in [0.3, 0.4) is 0 Å². The molecular weight excluding hydrogens is 401 g/mol. The number of nitriles is 1. The molecule has 0 saturated carbocycles. The minimum atomic E-state index is -0.346. The van der Waals surface area contributed by atoms with Crippen molar-refractivity contribution in [1.82, 2.24) is 14.8 Å². The molecule has 0 N–H and O–H groups in total. The number of anilines is 1. The summed E-state index contributed by atoms with van der Waals surface area (Å²) in [5.74, 6) is 0.306. The zero-order chi connectivity index (χ0) is 20.9. The summed E-state index contributed by atoms with van der Waals surface area (Å²) >= 11 is 1.35. The molecule has 6 nitrogen and oxygen atoms in total. The number of hydrogen-bond acceptors (Lipinski definition) is 6. The average molecular weight is 424 g/mol. The van der Waals surface area contributed by atoms with E-state index < -0.39 is 0 Å². The predicted molar refractivity (Wildman–Crippen MR) is 114 cm³/mol. The molecule has 4 rings (SSSR count). The van der Waals surface area contributed by atoms with Crippen LogP contribution in [0, 0.1) is 24.1 Å². The van der Waals surface area contributed by atoms with Crippen molar-refractivity contribution in [3.63, 3.8) is 0 Å². The molecule has 0 bridgehead atoms. The number of ether oxygens (including phenoxy) is 1. The second-order valence-electron chi connectivity index (χ2n) is 7.12.